The molecule has 350 valence electrons. The highest BCUT2D eigenvalue weighted by atomic mass is 19.3. The molecule has 0 N–H and O–H groups in total. The summed E-state index contributed by atoms with van der Waals surface area (Å²) < 4.78 is 82.5. The largest absolute Gasteiger partial charge is 0.494 e. The fourth-order valence-corrected chi connectivity index (χ4v) is 8.74. The zero-order valence-electron chi connectivity index (χ0n) is 38.1. The Kier molecular flexibility index (Phi) is 16.6. The van der Waals surface area contributed by atoms with Crippen molar-refractivity contribution in [1.29, 1.82) is 0 Å². The molecule has 2 aliphatic rings. The van der Waals surface area contributed by atoms with Crippen LogP contribution in [-0.2, 0) is 9.47 Å². The number of alkyl halides is 4. The number of carbonyl (C=O) groups is 2. The maximum absolute atomic E-state index is 15.0. The lowest BCUT2D eigenvalue weighted by Gasteiger charge is -2.08. The zero-order valence-corrected chi connectivity index (χ0v) is 38.1. The Hall–Kier alpha value is -5.64. The van der Waals surface area contributed by atoms with Crippen LogP contribution >= 0.6 is 0 Å². The number of hydrogen-bond acceptors (Lipinski definition) is 6. The van der Waals surface area contributed by atoms with Gasteiger partial charge in [-0.2, -0.15) is 0 Å². The van der Waals surface area contributed by atoms with E-state index in [2.05, 4.69) is 13.8 Å². The molecule has 5 aromatic rings. The number of hydrogen-bond donors (Lipinski definition) is 0. The fourth-order valence-electron chi connectivity index (χ4n) is 8.74. The molecule has 7 rings (SSSR count). The molecule has 6 nitrogen and oxygen atoms in total. The van der Waals surface area contributed by atoms with Crippen molar-refractivity contribution in [1.82, 2.24) is 0 Å². The SMILES string of the molecule is CCCCCCCCOc1ccc(-c2ccc(C(=O)OC[C@@H]3[C@@H](c4ccc([C@H]5[C@H](COC(=O)c6ccc(-c7ccc(OCCCCCCCC)cc7)cc6)C5(F)F)cc4)C3(F)F)cc2)cc1. The predicted molar refractivity (Wildman–Crippen MR) is 251 cm³/mol. The van der Waals surface area contributed by atoms with Crippen LogP contribution in [0.3, 0.4) is 0 Å². The van der Waals surface area contributed by atoms with E-state index in [1.165, 1.54) is 75.6 Å². The summed E-state index contributed by atoms with van der Waals surface area (Å²) in [6.45, 7) is 4.79. The minimum Gasteiger partial charge on any atom is -0.494 e. The van der Waals surface area contributed by atoms with Gasteiger partial charge in [0.05, 0.1) is 48.0 Å². The summed E-state index contributed by atoms with van der Waals surface area (Å²) in [7, 11) is 0. The van der Waals surface area contributed by atoms with E-state index in [4.69, 9.17) is 18.9 Å². The molecule has 5 aromatic carbocycles. The molecule has 0 unspecified atom stereocenters. The maximum atomic E-state index is 15.0. The molecule has 0 amide bonds. The average Bonchev–Trinajstić information content (AvgIpc) is 4.12. The van der Waals surface area contributed by atoms with Crippen LogP contribution in [0.2, 0.25) is 0 Å². The van der Waals surface area contributed by atoms with Crippen molar-refractivity contribution in [3.63, 3.8) is 0 Å². The molecule has 0 aromatic heterocycles. The minimum absolute atomic E-state index is 0.243. The first-order valence-electron chi connectivity index (χ1n) is 23.9. The van der Waals surface area contributed by atoms with Crippen LogP contribution < -0.4 is 9.47 Å². The first kappa shape index (κ1) is 48.3. The van der Waals surface area contributed by atoms with Crippen LogP contribution in [0.25, 0.3) is 22.3 Å². The van der Waals surface area contributed by atoms with Crippen molar-refractivity contribution in [2.24, 2.45) is 11.8 Å². The molecular formula is C56H62F4O6. The standard InChI is InChI=1S/C56H62F4O6/c1-3-5-7-9-11-13-35-63-47-31-27-41(28-32-47)39-15-23-45(24-16-39)53(61)65-37-49-51(55(49,57)58)43-19-21-44(22-20-43)52-50(56(52,59)60)38-66-54(62)46-25-17-40(18-26-46)42-29-33-48(34-30-42)64-36-14-12-10-8-6-4-2/h15-34,49-52H,3-14,35-38H2,1-2H3/t49-,50+,51-,52+. The monoisotopic (exact) mass is 906 g/mol. The van der Waals surface area contributed by atoms with Crippen molar-refractivity contribution in [3.05, 3.63) is 144 Å². The molecule has 0 heterocycles. The second kappa shape index (κ2) is 22.7. The summed E-state index contributed by atoms with van der Waals surface area (Å²) in [6.07, 6.45) is 14.4. The van der Waals surface area contributed by atoms with Gasteiger partial charge in [-0.25, -0.2) is 27.2 Å². The number of benzene rings is 5. The first-order chi connectivity index (χ1) is 32.0. The van der Waals surface area contributed by atoms with E-state index in [0.717, 1.165) is 59.4 Å². The quantitative estimate of drug-likeness (QED) is 0.0313. The van der Waals surface area contributed by atoms with Gasteiger partial charge in [0.2, 0.25) is 0 Å². The summed E-state index contributed by atoms with van der Waals surface area (Å²) in [6, 6.07) is 34.7. The molecule has 0 saturated heterocycles. The summed E-state index contributed by atoms with van der Waals surface area (Å²) in [4.78, 5) is 25.7. The van der Waals surface area contributed by atoms with E-state index in [0.29, 0.717) is 13.2 Å². The van der Waals surface area contributed by atoms with Crippen molar-refractivity contribution in [3.8, 4) is 33.8 Å². The van der Waals surface area contributed by atoms with Gasteiger partial charge in [-0.05, 0) is 94.8 Å². The number of halogens is 4. The number of carbonyl (C=O) groups excluding carboxylic acids is 2. The Balaban J connectivity index is 0.830. The molecule has 2 aliphatic carbocycles. The Morgan fingerprint density at radius 3 is 1.06 bits per heavy atom. The van der Waals surface area contributed by atoms with Crippen molar-refractivity contribution >= 4 is 11.9 Å². The molecule has 2 fully saturated rings. The fraction of sp³-hybridized carbons (Fsp3) is 0.429. The normalized spacial score (nSPS) is 18.9. The maximum Gasteiger partial charge on any atom is 0.338 e. The van der Waals surface area contributed by atoms with E-state index in [-0.39, 0.29) is 22.3 Å². The van der Waals surface area contributed by atoms with Gasteiger partial charge in [-0.15, -0.1) is 0 Å². The van der Waals surface area contributed by atoms with Gasteiger partial charge < -0.3 is 18.9 Å². The highest BCUT2D eigenvalue weighted by molar-refractivity contribution is 5.90. The second-order valence-corrected chi connectivity index (χ2v) is 17.8. The molecule has 0 spiro atoms. The molecule has 2 saturated carbocycles. The lowest BCUT2D eigenvalue weighted by atomic mass is 10.0. The van der Waals surface area contributed by atoms with Gasteiger partial charge in [0, 0.05) is 0 Å². The van der Waals surface area contributed by atoms with Crippen LogP contribution in [0.15, 0.2) is 121 Å². The van der Waals surface area contributed by atoms with Gasteiger partial charge in [0.25, 0.3) is 11.8 Å². The second-order valence-electron chi connectivity index (χ2n) is 17.8. The van der Waals surface area contributed by atoms with Gasteiger partial charge in [0.15, 0.2) is 0 Å². The Bertz CT molecular complexity index is 2130. The van der Waals surface area contributed by atoms with E-state index >= 15 is 17.6 Å². The molecule has 10 heteroatoms. The van der Waals surface area contributed by atoms with Gasteiger partial charge in [0.1, 0.15) is 24.7 Å². The van der Waals surface area contributed by atoms with Crippen molar-refractivity contribution in [2.75, 3.05) is 26.4 Å². The molecule has 0 bridgehead atoms. The number of unbranched alkanes of at least 4 members (excludes halogenated alkanes) is 10. The van der Waals surface area contributed by atoms with Crippen LogP contribution in [0.4, 0.5) is 17.6 Å². The number of ether oxygens (including phenoxy) is 4. The number of rotatable bonds is 26. The topological polar surface area (TPSA) is 71.1 Å². The lowest BCUT2D eigenvalue weighted by Crippen LogP contribution is -2.10. The third-order valence-electron chi connectivity index (χ3n) is 13.0. The Labute approximate surface area is 387 Å². The molecule has 4 atom stereocenters. The highest BCUT2D eigenvalue weighted by Crippen LogP contribution is 2.64. The van der Waals surface area contributed by atoms with Crippen LogP contribution in [-0.4, -0.2) is 50.2 Å². The van der Waals surface area contributed by atoms with E-state index in [1.807, 2.05) is 48.5 Å². The van der Waals surface area contributed by atoms with Crippen molar-refractivity contribution in [2.45, 2.75) is 115 Å². The smallest absolute Gasteiger partial charge is 0.338 e. The summed E-state index contributed by atoms with van der Waals surface area (Å²) in [5.41, 5.74) is 4.68. The Morgan fingerprint density at radius 2 is 0.727 bits per heavy atom. The van der Waals surface area contributed by atoms with Crippen LogP contribution in [0.5, 0.6) is 11.5 Å². The van der Waals surface area contributed by atoms with Crippen molar-refractivity contribution < 1.29 is 46.1 Å². The molecule has 66 heavy (non-hydrogen) atoms. The van der Waals surface area contributed by atoms with Gasteiger partial charge in [-0.3, -0.25) is 0 Å². The summed E-state index contributed by atoms with van der Waals surface area (Å²) in [5, 5.41) is 0. The van der Waals surface area contributed by atoms with E-state index in [9.17, 15) is 9.59 Å². The number of esters is 2. The molecule has 0 aliphatic heterocycles. The van der Waals surface area contributed by atoms with Gasteiger partial charge >= 0.3 is 11.9 Å². The van der Waals surface area contributed by atoms with Gasteiger partial charge in [-0.1, -0.05) is 151 Å². The lowest BCUT2D eigenvalue weighted by molar-refractivity contribution is 0.0351. The molecular weight excluding hydrogens is 845 g/mol. The zero-order chi connectivity index (χ0) is 46.5. The van der Waals surface area contributed by atoms with E-state index in [1.54, 1.807) is 48.5 Å². The highest BCUT2D eigenvalue weighted by Gasteiger charge is 2.70. The first-order valence-corrected chi connectivity index (χ1v) is 23.9. The average molecular weight is 907 g/mol. The predicted octanol–water partition coefficient (Wildman–Crippen LogP) is 14.9. The van der Waals surface area contributed by atoms with Crippen LogP contribution in [0.1, 0.15) is 135 Å². The summed E-state index contributed by atoms with van der Waals surface area (Å²) >= 11 is 0. The minimum atomic E-state index is -3.12. The Morgan fingerprint density at radius 1 is 0.424 bits per heavy atom. The summed E-state index contributed by atoms with van der Waals surface area (Å²) in [5.74, 6) is -11.0. The third-order valence-corrected chi connectivity index (χ3v) is 13.0. The van der Waals surface area contributed by atoms with E-state index < -0.39 is 60.7 Å². The third kappa shape index (κ3) is 12.4. The van der Waals surface area contributed by atoms with Crippen LogP contribution in [0, 0.1) is 11.8 Å². The molecule has 0 radical (unpaired) electrons.